The maximum atomic E-state index is 5.69. The molecule has 0 aliphatic heterocycles. The van der Waals surface area contributed by atoms with Crippen molar-refractivity contribution in [3.05, 3.63) is 12.3 Å². The Morgan fingerprint density at radius 3 is 2.56 bits per heavy atom. The molecule has 0 radical (unpaired) electrons. The van der Waals surface area contributed by atoms with Crippen molar-refractivity contribution in [2.45, 2.75) is 26.1 Å². The fraction of sp³-hybridized carbons (Fsp3) is 0.667. The van der Waals surface area contributed by atoms with E-state index in [-0.39, 0.29) is 9.76 Å². The van der Waals surface area contributed by atoms with E-state index in [1.54, 1.807) is 0 Å². The van der Waals surface area contributed by atoms with Crippen LogP contribution in [0.4, 0.5) is 0 Å². The summed E-state index contributed by atoms with van der Waals surface area (Å²) in [5.74, 6) is 0. The summed E-state index contributed by atoms with van der Waals surface area (Å²) in [5, 5.41) is 0. The van der Waals surface area contributed by atoms with Crippen molar-refractivity contribution < 1.29 is 4.12 Å². The van der Waals surface area contributed by atoms with E-state index < -0.39 is 8.32 Å². The summed E-state index contributed by atoms with van der Waals surface area (Å²) in [6.07, 6.45) is 0. The summed E-state index contributed by atoms with van der Waals surface area (Å²) in [7, 11) is -1.58. The number of hydrogen-bond donors (Lipinski definition) is 0. The van der Waals surface area contributed by atoms with Crippen LogP contribution in [-0.4, -0.2) is 18.1 Å². The van der Waals surface area contributed by atoms with Gasteiger partial charge in [-0.1, -0.05) is 12.6 Å². The molecule has 0 aromatic heterocycles. The van der Waals surface area contributed by atoms with Gasteiger partial charge >= 0.3 is 0 Å². The second kappa shape index (κ2) is 4.03. The minimum absolute atomic E-state index is 0.203. The molecule has 1 nitrogen and oxygen atoms in total. The van der Waals surface area contributed by atoms with Gasteiger partial charge in [-0.15, -0.1) is 6.58 Å². The maximum Gasteiger partial charge on any atom is 0.197 e. The topological polar surface area (TPSA) is 9.23 Å². The molecule has 0 aromatic rings. The smallest absolute Gasteiger partial charge is 0.197 e. The summed E-state index contributed by atoms with van der Waals surface area (Å²) in [6.45, 7) is 10.3. The van der Waals surface area contributed by atoms with Crippen molar-refractivity contribution in [1.29, 1.82) is 0 Å². The molecule has 9 heavy (non-hydrogen) atoms. The van der Waals surface area contributed by atoms with Gasteiger partial charge in [0.2, 0.25) is 0 Å². The van der Waals surface area contributed by atoms with Gasteiger partial charge in [-0.25, -0.2) is 0 Å². The summed E-state index contributed by atoms with van der Waals surface area (Å²) < 4.78 is 5.69. The van der Waals surface area contributed by atoms with Crippen LogP contribution in [-0.2, 0) is 4.12 Å². The molecule has 3 heteroatoms. The SMILES string of the molecule is C=C[Si](C)(C)O[SiH2]CC. The highest BCUT2D eigenvalue weighted by Crippen LogP contribution is 2.03. The molecule has 0 saturated heterocycles. The highest BCUT2D eigenvalue weighted by atomic mass is 28.4. The van der Waals surface area contributed by atoms with Crippen LogP contribution < -0.4 is 0 Å². The van der Waals surface area contributed by atoms with E-state index in [1.165, 1.54) is 6.04 Å². The molecule has 0 aliphatic rings. The molecule has 0 amide bonds. The Kier molecular flexibility index (Phi) is 4.09. The molecule has 0 fully saturated rings. The Morgan fingerprint density at radius 2 is 2.22 bits per heavy atom. The zero-order chi connectivity index (χ0) is 7.33. The van der Waals surface area contributed by atoms with E-state index in [9.17, 15) is 0 Å². The van der Waals surface area contributed by atoms with E-state index >= 15 is 0 Å². The van der Waals surface area contributed by atoms with Crippen molar-refractivity contribution in [2.24, 2.45) is 0 Å². The molecule has 0 aliphatic carbocycles. The molecular weight excluding hydrogens is 144 g/mol. The average Bonchev–Trinajstić information content (AvgIpc) is 1.84. The van der Waals surface area contributed by atoms with Crippen LogP contribution in [0, 0.1) is 0 Å². The van der Waals surface area contributed by atoms with Gasteiger partial charge in [0, 0.05) is 0 Å². The van der Waals surface area contributed by atoms with Crippen LogP contribution in [0.15, 0.2) is 12.3 Å². The third-order valence-electron chi connectivity index (χ3n) is 1.17. The highest BCUT2D eigenvalue weighted by molar-refractivity contribution is 6.79. The number of hydrogen-bond acceptors (Lipinski definition) is 1. The van der Waals surface area contributed by atoms with E-state index in [1.807, 2.05) is 5.70 Å². The molecule has 0 saturated carbocycles. The van der Waals surface area contributed by atoms with Crippen molar-refractivity contribution in [3.8, 4) is 0 Å². The molecule has 0 atom stereocenters. The first-order chi connectivity index (χ1) is 4.12. The van der Waals surface area contributed by atoms with Gasteiger partial charge in [-0.2, -0.15) is 0 Å². The van der Waals surface area contributed by atoms with Crippen LogP contribution in [0.1, 0.15) is 6.92 Å². The second-order valence-corrected chi connectivity index (χ2v) is 8.83. The summed E-state index contributed by atoms with van der Waals surface area (Å²) >= 11 is 0. The lowest BCUT2D eigenvalue weighted by Gasteiger charge is -2.17. The largest absolute Gasteiger partial charge is 0.458 e. The first-order valence-electron chi connectivity index (χ1n) is 3.40. The van der Waals surface area contributed by atoms with Crippen molar-refractivity contribution in [2.75, 3.05) is 0 Å². The second-order valence-electron chi connectivity index (χ2n) is 2.66. The molecule has 0 unspecified atom stereocenters. The summed E-state index contributed by atoms with van der Waals surface area (Å²) in [4.78, 5) is 0. The Hall–Kier alpha value is 0.134. The molecule has 0 heterocycles. The van der Waals surface area contributed by atoms with Crippen LogP contribution in [0.2, 0.25) is 19.1 Å². The van der Waals surface area contributed by atoms with Gasteiger partial charge in [-0.05, 0) is 19.1 Å². The van der Waals surface area contributed by atoms with Crippen molar-refractivity contribution >= 4 is 18.1 Å². The lowest BCUT2D eigenvalue weighted by molar-refractivity contribution is 0.603. The van der Waals surface area contributed by atoms with Crippen LogP contribution >= 0.6 is 0 Å². The minimum atomic E-state index is -1.37. The van der Waals surface area contributed by atoms with Gasteiger partial charge in [0.15, 0.2) is 8.32 Å². The van der Waals surface area contributed by atoms with E-state index in [0.717, 1.165) is 0 Å². The highest BCUT2D eigenvalue weighted by Gasteiger charge is 2.15. The fourth-order valence-electron chi connectivity index (χ4n) is 0.424. The minimum Gasteiger partial charge on any atom is -0.458 e. The lowest BCUT2D eigenvalue weighted by Crippen LogP contribution is -2.29. The number of rotatable bonds is 4. The summed E-state index contributed by atoms with van der Waals surface area (Å²) in [5.41, 5.74) is 2.00. The molecule has 0 spiro atoms. The van der Waals surface area contributed by atoms with Crippen molar-refractivity contribution in [1.82, 2.24) is 0 Å². The first kappa shape index (κ1) is 9.13. The monoisotopic (exact) mass is 160 g/mol. The van der Waals surface area contributed by atoms with Crippen LogP contribution in [0.25, 0.3) is 0 Å². The third-order valence-corrected chi connectivity index (χ3v) is 6.35. The van der Waals surface area contributed by atoms with Crippen LogP contribution in [0.3, 0.4) is 0 Å². The van der Waals surface area contributed by atoms with Gasteiger partial charge < -0.3 is 4.12 Å². The summed E-state index contributed by atoms with van der Waals surface area (Å²) in [6, 6.07) is 1.24. The predicted molar refractivity (Wildman–Crippen MR) is 47.8 cm³/mol. The molecule has 0 bridgehead atoms. The Balaban J connectivity index is 3.45. The fourth-order valence-corrected chi connectivity index (χ4v) is 3.82. The van der Waals surface area contributed by atoms with Gasteiger partial charge in [0.1, 0.15) is 9.76 Å². The molecule has 54 valence electrons. The quantitative estimate of drug-likeness (QED) is 0.566. The predicted octanol–water partition coefficient (Wildman–Crippen LogP) is 1.46. The van der Waals surface area contributed by atoms with E-state index in [0.29, 0.717) is 0 Å². The van der Waals surface area contributed by atoms with E-state index in [4.69, 9.17) is 4.12 Å². The Bertz CT molecular complexity index is 91.1. The zero-order valence-electron chi connectivity index (χ0n) is 6.61. The third kappa shape index (κ3) is 4.63. The van der Waals surface area contributed by atoms with Gasteiger partial charge in [0.05, 0.1) is 0 Å². The van der Waals surface area contributed by atoms with Crippen molar-refractivity contribution in [3.63, 3.8) is 0 Å². The van der Waals surface area contributed by atoms with Gasteiger partial charge in [0.25, 0.3) is 0 Å². The Morgan fingerprint density at radius 1 is 1.67 bits per heavy atom. The molecular formula is C6H16OSi2. The standard InChI is InChI=1S/C6H16OSi2/c1-5-8-7-9(3,4)6-2/h6H,2,5,8H2,1,3-4H3. The maximum absolute atomic E-state index is 5.69. The van der Waals surface area contributed by atoms with Gasteiger partial charge in [-0.3, -0.25) is 0 Å². The van der Waals surface area contributed by atoms with Crippen LogP contribution in [0.5, 0.6) is 0 Å². The molecule has 0 N–H and O–H groups in total. The Labute approximate surface area is 61.2 Å². The zero-order valence-corrected chi connectivity index (χ0v) is 9.02. The molecule has 0 aromatic carbocycles. The normalized spacial score (nSPS) is 12.8. The molecule has 0 rings (SSSR count). The average molecular weight is 160 g/mol. The first-order valence-corrected chi connectivity index (χ1v) is 7.96. The van der Waals surface area contributed by atoms with E-state index in [2.05, 4.69) is 26.6 Å². The lowest BCUT2D eigenvalue weighted by atomic mass is 11.0.